The van der Waals surface area contributed by atoms with E-state index in [1.807, 2.05) is 4.90 Å². The molecular weight excluding hydrogens is 290 g/mol. The fraction of sp³-hybridized carbons (Fsp3) is 0.778. The summed E-state index contributed by atoms with van der Waals surface area (Å²) in [6, 6.07) is 0.387. The second-order valence-corrected chi connectivity index (χ2v) is 7.16. The minimum atomic E-state index is -0.0472. The van der Waals surface area contributed by atoms with Gasteiger partial charge < -0.3 is 15.5 Å². The molecule has 3 rings (SSSR count). The van der Waals surface area contributed by atoms with Gasteiger partial charge in [-0.1, -0.05) is 11.6 Å². The van der Waals surface area contributed by atoms with Crippen LogP contribution in [0.4, 0.5) is 4.79 Å². The lowest BCUT2D eigenvalue weighted by molar-refractivity contribution is -0.126. The maximum Gasteiger partial charge on any atom is 0.317 e. The van der Waals surface area contributed by atoms with Gasteiger partial charge in [-0.2, -0.15) is 0 Å². The average molecular weight is 319 g/mol. The molecule has 0 spiro atoms. The molecule has 0 radical (unpaired) electrons. The first-order valence-electron chi connectivity index (χ1n) is 9.23. The van der Waals surface area contributed by atoms with Gasteiger partial charge >= 0.3 is 6.03 Å². The highest BCUT2D eigenvalue weighted by Crippen LogP contribution is 2.22. The molecular formula is C18H29N3O2. The predicted molar refractivity (Wildman–Crippen MR) is 90.0 cm³/mol. The standard InChI is InChI=1S/C18H29N3O2/c22-17(19-11-10-14-5-2-1-3-6-14)15-7-4-12-21(13-15)18(23)20-16-8-9-16/h5,15-16H,1-4,6-13H2,(H,19,22)(H,20,23). The average Bonchev–Trinajstić information content (AvgIpc) is 3.40. The Bertz CT molecular complexity index is 471. The number of likely N-dealkylation sites (tertiary alicyclic amines) is 1. The topological polar surface area (TPSA) is 61.4 Å². The van der Waals surface area contributed by atoms with E-state index in [2.05, 4.69) is 16.7 Å². The third-order valence-electron chi connectivity index (χ3n) is 5.11. The summed E-state index contributed by atoms with van der Waals surface area (Å²) in [6.45, 7) is 2.07. The first-order valence-corrected chi connectivity index (χ1v) is 9.23. The normalized spacial score (nSPS) is 24.8. The van der Waals surface area contributed by atoms with E-state index in [0.29, 0.717) is 12.6 Å². The molecule has 5 heteroatoms. The van der Waals surface area contributed by atoms with E-state index in [1.165, 1.54) is 31.3 Å². The summed E-state index contributed by atoms with van der Waals surface area (Å²) in [5.41, 5.74) is 1.49. The van der Waals surface area contributed by atoms with Gasteiger partial charge in [0, 0.05) is 25.7 Å². The minimum absolute atomic E-state index is 0.0114. The van der Waals surface area contributed by atoms with Gasteiger partial charge in [-0.25, -0.2) is 4.79 Å². The van der Waals surface area contributed by atoms with Gasteiger partial charge in [0.05, 0.1) is 5.92 Å². The van der Waals surface area contributed by atoms with E-state index in [-0.39, 0.29) is 17.9 Å². The molecule has 0 aromatic rings. The Morgan fingerprint density at radius 3 is 2.78 bits per heavy atom. The van der Waals surface area contributed by atoms with E-state index in [9.17, 15) is 9.59 Å². The summed E-state index contributed by atoms with van der Waals surface area (Å²) in [4.78, 5) is 26.3. The monoisotopic (exact) mass is 319 g/mol. The zero-order chi connectivity index (χ0) is 16.1. The molecule has 1 aliphatic heterocycles. The zero-order valence-corrected chi connectivity index (χ0v) is 14.0. The summed E-state index contributed by atoms with van der Waals surface area (Å²) < 4.78 is 0. The van der Waals surface area contributed by atoms with Gasteiger partial charge in [0.2, 0.25) is 5.91 Å². The lowest BCUT2D eigenvalue weighted by Gasteiger charge is -2.32. The van der Waals surface area contributed by atoms with E-state index in [4.69, 9.17) is 0 Å². The van der Waals surface area contributed by atoms with Crippen LogP contribution in [0.2, 0.25) is 0 Å². The van der Waals surface area contributed by atoms with Crippen LogP contribution in [-0.4, -0.2) is 42.5 Å². The van der Waals surface area contributed by atoms with Crippen molar-refractivity contribution >= 4 is 11.9 Å². The Kier molecular flexibility index (Phi) is 5.57. The fourth-order valence-corrected chi connectivity index (χ4v) is 3.49. The van der Waals surface area contributed by atoms with Crippen molar-refractivity contribution in [2.45, 2.75) is 63.8 Å². The van der Waals surface area contributed by atoms with Gasteiger partial charge in [-0.15, -0.1) is 0 Å². The maximum absolute atomic E-state index is 12.4. The van der Waals surface area contributed by atoms with Crippen LogP contribution in [0.3, 0.4) is 0 Å². The molecule has 1 atom stereocenters. The number of allylic oxidation sites excluding steroid dienone is 1. The second kappa shape index (κ2) is 7.84. The summed E-state index contributed by atoms with van der Waals surface area (Å²) in [6.07, 6.45) is 12.3. The Morgan fingerprint density at radius 2 is 2.04 bits per heavy atom. The third-order valence-corrected chi connectivity index (χ3v) is 5.11. The lowest BCUT2D eigenvalue weighted by atomic mass is 9.96. The van der Waals surface area contributed by atoms with Crippen LogP contribution in [-0.2, 0) is 4.79 Å². The first kappa shape index (κ1) is 16.3. The third kappa shape index (κ3) is 4.98. The minimum Gasteiger partial charge on any atom is -0.355 e. The van der Waals surface area contributed by atoms with Crippen molar-refractivity contribution in [2.75, 3.05) is 19.6 Å². The fourth-order valence-electron chi connectivity index (χ4n) is 3.49. The van der Waals surface area contributed by atoms with Crippen LogP contribution in [0.25, 0.3) is 0 Å². The molecule has 5 nitrogen and oxygen atoms in total. The van der Waals surface area contributed by atoms with Crippen molar-refractivity contribution < 1.29 is 9.59 Å². The molecule has 3 amide bonds. The molecule has 23 heavy (non-hydrogen) atoms. The number of carbonyl (C=O) groups is 2. The molecule has 0 aromatic carbocycles. The van der Waals surface area contributed by atoms with Gasteiger partial charge in [0.15, 0.2) is 0 Å². The largest absolute Gasteiger partial charge is 0.355 e. The van der Waals surface area contributed by atoms with Crippen LogP contribution >= 0.6 is 0 Å². The van der Waals surface area contributed by atoms with Crippen molar-refractivity contribution in [1.29, 1.82) is 0 Å². The van der Waals surface area contributed by atoms with Gasteiger partial charge in [-0.05, 0) is 57.8 Å². The number of urea groups is 1. The number of hydrogen-bond acceptors (Lipinski definition) is 2. The van der Waals surface area contributed by atoms with E-state index in [1.54, 1.807) is 0 Å². The smallest absolute Gasteiger partial charge is 0.317 e. The van der Waals surface area contributed by atoms with Crippen LogP contribution in [0.1, 0.15) is 57.8 Å². The lowest BCUT2D eigenvalue weighted by Crippen LogP contribution is -2.49. The number of carbonyl (C=O) groups excluding carboxylic acids is 2. The van der Waals surface area contributed by atoms with Crippen molar-refractivity contribution in [1.82, 2.24) is 15.5 Å². The highest BCUT2D eigenvalue weighted by atomic mass is 16.2. The summed E-state index contributed by atoms with van der Waals surface area (Å²) in [5, 5.41) is 6.09. The predicted octanol–water partition coefficient (Wildman–Crippen LogP) is 2.58. The number of rotatable bonds is 5. The Balaban J connectivity index is 1.39. The van der Waals surface area contributed by atoms with Crippen LogP contribution in [0.15, 0.2) is 11.6 Å². The number of amides is 3. The highest BCUT2D eigenvalue weighted by Gasteiger charge is 2.31. The summed E-state index contributed by atoms with van der Waals surface area (Å²) in [7, 11) is 0. The van der Waals surface area contributed by atoms with Crippen molar-refractivity contribution in [2.24, 2.45) is 5.92 Å². The number of piperidine rings is 1. The summed E-state index contributed by atoms with van der Waals surface area (Å²) in [5.74, 6) is 0.0689. The quantitative estimate of drug-likeness (QED) is 0.765. The molecule has 0 bridgehead atoms. The van der Waals surface area contributed by atoms with Crippen LogP contribution in [0.5, 0.6) is 0 Å². The van der Waals surface area contributed by atoms with Crippen molar-refractivity contribution in [3.05, 3.63) is 11.6 Å². The van der Waals surface area contributed by atoms with Crippen molar-refractivity contribution in [3.8, 4) is 0 Å². The van der Waals surface area contributed by atoms with Crippen molar-refractivity contribution in [3.63, 3.8) is 0 Å². The molecule has 2 aliphatic carbocycles. The number of nitrogens with one attached hydrogen (secondary N) is 2. The Morgan fingerprint density at radius 1 is 1.17 bits per heavy atom. The molecule has 1 unspecified atom stereocenters. The zero-order valence-electron chi connectivity index (χ0n) is 14.0. The Labute approximate surface area is 138 Å². The van der Waals surface area contributed by atoms with Gasteiger partial charge in [0.25, 0.3) is 0 Å². The first-order chi connectivity index (χ1) is 11.2. The van der Waals surface area contributed by atoms with E-state index >= 15 is 0 Å². The van der Waals surface area contributed by atoms with Gasteiger partial charge in [-0.3, -0.25) is 4.79 Å². The van der Waals surface area contributed by atoms with Crippen LogP contribution in [0, 0.1) is 5.92 Å². The molecule has 2 fully saturated rings. The molecule has 1 saturated carbocycles. The maximum atomic E-state index is 12.4. The SMILES string of the molecule is O=C(NCCC1=CCCCC1)C1CCCN(C(=O)NC2CC2)C1. The van der Waals surface area contributed by atoms with Gasteiger partial charge in [0.1, 0.15) is 0 Å². The molecule has 0 aromatic heterocycles. The highest BCUT2D eigenvalue weighted by molar-refractivity contribution is 5.81. The number of nitrogens with zero attached hydrogens (tertiary/aromatic N) is 1. The molecule has 1 saturated heterocycles. The molecule has 2 N–H and O–H groups in total. The summed E-state index contributed by atoms with van der Waals surface area (Å²) >= 11 is 0. The molecule has 128 valence electrons. The molecule has 3 aliphatic rings. The van der Waals surface area contributed by atoms with E-state index < -0.39 is 0 Å². The second-order valence-electron chi connectivity index (χ2n) is 7.16. The van der Waals surface area contributed by atoms with Crippen LogP contribution < -0.4 is 10.6 Å². The van der Waals surface area contributed by atoms with E-state index in [0.717, 1.165) is 45.2 Å². The molecule has 1 heterocycles. The number of hydrogen-bond donors (Lipinski definition) is 2. The Hall–Kier alpha value is -1.52.